The number of ether oxygens (including phenoxy) is 2. The maximum atomic E-state index is 13.0. The van der Waals surface area contributed by atoms with E-state index >= 15 is 0 Å². The minimum absolute atomic E-state index is 0.408. The largest absolute Gasteiger partial charge is 0.449 e. The zero-order valence-electron chi connectivity index (χ0n) is 11.9. The first kappa shape index (κ1) is 17.9. The fourth-order valence-electron chi connectivity index (χ4n) is 2.01. The van der Waals surface area contributed by atoms with Gasteiger partial charge in [0.15, 0.2) is 6.07 Å². The minimum atomic E-state index is -4.62. The molecule has 1 saturated heterocycles. The summed E-state index contributed by atoms with van der Waals surface area (Å²) in [6.45, 7) is 3.75. The highest BCUT2D eigenvalue weighted by molar-refractivity contribution is 6.17. The van der Waals surface area contributed by atoms with Crippen molar-refractivity contribution in [3.8, 4) is 0 Å². The van der Waals surface area contributed by atoms with E-state index in [1.807, 2.05) is 0 Å². The first-order valence-electron chi connectivity index (χ1n) is 6.23. The Labute approximate surface area is 125 Å². The molecule has 1 aliphatic heterocycles. The second kappa shape index (κ2) is 6.29. The summed E-state index contributed by atoms with van der Waals surface area (Å²) in [6, 6.07) is -0.535. The summed E-state index contributed by atoms with van der Waals surface area (Å²) in [6.07, 6.45) is -5.51. The van der Waals surface area contributed by atoms with Crippen LogP contribution in [0.1, 0.15) is 20.8 Å². The minimum Gasteiger partial charge on any atom is -0.449 e. The highest BCUT2D eigenvalue weighted by atomic mass is 35.5. The summed E-state index contributed by atoms with van der Waals surface area (Å²) in [7, 11) is 0. The van der Waals surface area contributed by atoms with Crippen LogP contribution in [0.4, 0.5) is 18.0 Å². The van der Waals surface area contributed by atoms with Crippen LogP contribution >= 0.6 is 11.6 Å². The second-order valence-corrected chi connectivity index (χ2v) is 5.93. The molecule has 2 atom stereocenters. The summed E-state index contributed by atoms with van der Waals surface area (Å²) in [5.74, 6) is -4.55. The van der Waals surface area contributed by atoms with E-state index in [0.29, 0.717) is 0 Å². The fourth-order valence-corrected chi connectivity index (χ4v) is 2.12. The van der Waals surface area contributed by atoms with Crippen LogP contribution < -0.4 is 0 Å². The monoisotopic (exact) mass is 331 g/mol. The van der Waals surface area contributed by atoms with Gasteiger partial charge in [-0.05, 0) is 20.8 Å². The van der Waals surface area contributed by atoms with Gasteiger partial charge in [-0.3, -0.25) is 4.79 Å². The first-order valence-corrected chi connectivity index (χ1v) is 6.76. The highest BCUT2D eigenvalue weighted by Gasteiger charge is 2.54. The van der Waals surface area contributed by atoms with Gasteiger partial charge in [0.25, 0.3) is 0 Å². The zero-order valence-corrected chi connectivity index (χ0v) is 12.6. The van der Waals surface area contributed by atoms with Crippen LogP contribution in [0.15, 0.2) is 0 Å². The Hall–Kier alpha value is -1.18. The third-order valence-electron chi connectivity index (χ3n) is 2.89. The molecule has 1 amide bonds. The van der Waals surface area contributed by atoms with Gasteiger partial charge >= 0.3 is 18.2 Å². The maximum absolute atomic E-state index is 13.0. The van der Waals surface area contributed by atoms with Gasteiger partial charge in [0, 0.05) is 13.1 Å². The van der Waals surface area contributed by atoms with E-state index in [0.717, 1.165) is 4.90 Å². The molecule has 0 spiro atoms. The Balaban J connectivity index is 2.85. The summed E-state index contributed by atoms with van der Waals surface area (Å²) in [4.78, 5) is 24.3. The molecule has 1 aliphatic rings. The van der Waals surface area contributed by atoms with E-state index in [1.54, 1.807) is 20.8 Å². The third kappa shape index (κ3) is 4.94. The number of carbonyl (C=O) groups is 2. The van der Waals surface area contributed by atoms with Crippen molar-refractivity contribution in [2.75, 3.05) is 19.2 Å². The van der Waals surface area contributed by atoms with E-state index in [1.165, 1.54) is 0 Å². The Kier molecular flexibility index (Phi) is 5.35. The van der Waals surface area contributed by atoms with Crippen molar-refractivity contribution < 1.29 is 32.2 Å². The molecule has 0 saturated carbocycles. The normalized spacial score (nSPS) is 23.1. The van der Waals surface area contributed by atoms with Crippen molar-refractivity contribution in [2.24, 2.45) is 11.8 Å². The second-order valence-electron chi connectivity index (χ2n) is 5.71. The highest BCUT2D eigenvalue weighted by Crippen LogP contribution is 2.38. The molecule has 0 aromatic carbocycles. The SMILES string of the molecule is CC(C)(C)OC(=O)N1C[C@@H](C(F)(F)F)[C@H](C(=O)OCCl)C1. The molecule has 122 valence electrons. The van der Waals surface area contributed by atoms with E-state index < -0.39 is 54.8 Å². The lowest BCUT2D eigenvalue weighted by Crippen LogP contribution is -2.36. The fraction of sp³-hybridized carbons (Fsp3) is 0.833. The molecule has 0 unspecified atom stereocenters. The lowest BCUT2D eigenvalue weighted by atomic mass is 9.96. The zero-order chi connectivity index (χ0) is 16.4. The van der Waals surface area contributed by atoms with E-state index in [2.05, 4.69) is 4.74 Å². The van der Waals surface area contributed by atoms with Crippen LogP contribution in [0.5, 0.6) is 0 Å². The van der Waals surface area contributed by atoms with Crippen molar-refractivity contribution in [3.63, 3.8) is 0 Å². The van der Waals surface area contributed by atoms with E-state index in [9.17, 15) is 22.8 Å². The van der Waals surface area contributed by atoms with Gasteiger partial charge in [-0.1, -0.05) is 11.6 Å². The van der Waals surface area contributed by atoms with Gasteiger partial charge in [-0.2, -0.15) is 13.2 Å². The number of likely N-dealkylation sites (tertiary alicyclic amines) is 1. The number of hydrogen-bond acceptors (Lipinski definition) is 4. The maximum Gasteiger partial charge on any atom is 0.410 e. The van der Waals surface area contributed by atoms with Crippen molar-refractivity contribution in [1.29, 1.82) is 0 Å². The number of amides is 1. The summed E-state index contributed by atoms with van der Waals surface area (Å²) >= 11 is 5.19. The Bertz CT molecular complexity index is 408. The molecule has 0 aromatic heterocycles. The molecule has 21 heavy (non-hydrogen) atoms. The molecule has 9 heteroatoms. The summed E-state index contributed by atoms with van der Waals surface area (Å²) < 4.78 is 48.3. The molecule has 1 fully saturated rings. The van der Waals surface area contributed by atoms with Gasteiger partial charge < -0.3 is 14.4 Å². The number of esters is 1. The molecule has 0 aromatic rings. The number of rotatable bonds is 2. The van der Waals surface area contributed by atoms with Crippen LogP contribution in [-0.4, -0.2) is 47.9 Å². The molecule has 0 aliphatic carbocycles. The predicted octanol–water partition coefficient (Wildman–Crippen LogP) is 2.77. The average Bonchev–Trinajstić information content (AvgIpc) is 2.71. The molecule has 0 N–H and O–H groups in total. The molecule has 1 rings (SSSR count). The number of hydrogen-bond donors (Lipinski definition) is 0. The summed E-state index contributed by atoms with van der Waals surface area (Å²) in [5, 5.41) is 0. The number of nitrogens with zero attached hydrogens (tertiary/aromatic N) is 1. The third-order valence-corrected chi connectivity index (χ3v) is 3.00. The number of alkyl halides is 4. The standard InChI is InChI=1S/C12H17ClF3NO4/c1-11(2,3)21-10(19)17-4-7(9(18)20-6-13)8(5-17)12(14,15)16/h7-8H,4-6H2,1-3H3/t7-,8-/m1/s1. The van der Waals surface area contributed by atoms with E-state index in [4.69, 9.17) is 16.3 Å². The molecule has 0 bridgehead atoms. The number of halogens is 4. The van der Waals surface area contributed by atoms with Crippen LogP contribution in [0.25, 0.3) is 0 Å². The lowest BCUT2D eigenvalue weighted by molar-refractivity contribution is -0.189. The van der Waals surface area contributed by atoms with Gasteiger partial charge in [-0.25, -0.2) is 4.79 Å². The molecule has 1 heterocycles. The van der Waals surface area contributed by atoms with Crippen molar-refractivity contribution >= 4 is 23.7 Å². The molecular weight excluding hydrogens is 315 g/mol. The Morgan fingerprint density at radius 1 is 1.24 bits per heavy atom. The Morgan fingerprint density at radius 2 is 1.81 bits per heavy atom. The van der Waals surface area contributed by atoms with Crippen LogP contribution in [0, 0.1) is 11.8 Å². The van der Waals surface area contributed by atoms with Gasteiger partial charge in [0.1, 0.15) is 5.60 Å². The topological polar surface area (TPSA) is 55.8 Å². The van der Waals surface area contributed by atoms with Crippen molar-refractivity contribution in [1.82, 2.24) is 4.90 Å². The molecule has 0 radical (unpaired) electrons. The van der Waals surface area contributed by atoms with Crippen LogP contribution in [0.2, 0.25) is 0 Å². The molecule has 5 nitrogen and oxygen atoms in total. The quantitative estimate of drug-likeness (QED) is 0.577. The van der Waals surface area contributed by atoms with Crippen molar-refractivity contribution in [3.05, 3.63) is 0 Å². The summed E-state index contributed by atoms with van der Waals surface area (Å²) in [5.41, 5.74) is -0.834. The van der Waals surface area contributed by atoms with Gasteiger partial charge in [0.2, 0.25) is 0 Å². The predicted molar refractivity (Wildman–Crippen MR) is 67.7 cm³/mol. The smallest absolute Gasteiger partial charge is 0.410 e. The average molecular weight is 332 g/mol. The van der Waals surface area contributed by atoms with Crippen molar-refractivity contribution in [2.45, 2.75) is 32.5 Å². The Morgan fingerprint density at radius 3 is 2.24 bits per heavy atom. The van der Waals surface area contributed by atoms with Gasteiger partial charge in [0.05, 0.1) is 11.8 Å². The lowest BCUT2D eigenvalue weighted by Gasteiger charge is -2.24. The number of carbonyl (C=O) groups excluding carboxylic acids is 2. The van der Waals surface area contributed by atoms with Gasteiger partial charge in [-0.15, -0.1) is 0 Å². The first-order chi connectivity index (χ1) is 9.45. The van der Waals surface area contributed by atoms with E-state index in [-0.39, 0.29) is 0 Å². The van der Waals surface area contributed by atoms with Crippen LogP contribution in [-0.2, 0) is 14.3 Å². The molecular formula is C12H17ClF3NO4. The van der Waals surface area contributed by atoms with Crippen LogP contribution in [0.3, 0.4) is 0 Å².